The van der Waals surface area contributed by atoms with Gasteiger partial charge in [-0.1, -0.05) is 34.5 Å². The first-order valence-corrected chi connectivity index (χ1v) is 6.34. The van der Waals surface area contributed by atoms with E-state index in [0.29, 0.717) is 37.9 Å². The number of nitrogens with two attached hydrogens (primary N) is 1. The van der Waals surface area contributed by atoms with Crippen LogP contribution in [-0.4, -0.2) is 23.3 Å². The highest BCUT2D eigenvalue weighted by molar-refractivity contribution is 5.30. The lowest BCUT2D eigenvalue weighted by molar-refractivity contribution is 0.104. The van der Waals surface area contributed by atoms with Gasteiger partial charge in [0.1, 0.15) is 6.61 Å². The minimum Gasteiger partial charge on any atom is -0.370 e. The predicted octanol–water partition coefficient (Wildman–Crippen LogP) is 1.75. The second-order valence-electron chi connectivity index (χ2n) is 4.62. The topological polar surface area (TPSA) is 74.2 Å². The van der Waals surface area contributed by atoms with E-state index in [1.165, 1.54) is 16.7 Å². The molecule has 2 N–H and O–H groups in total. The van der Waals surface area contributed by atoms with Crippen LogP contribution >= 0.6 is 0 Å². The first-order valence-electron chi connectivity index (χ1n) is 6.34. The first-order chi connectivity index (χ1) is 9.17. The molecule has 0 aliphatic rings. The van der Waals surface area contributed by atoms with Gasteiger partial charge >= 0.3 is 0 Å². The normalized spacial score (nSPS) is 10.9. The third-order valence-electron chi connectivity index (χ3n) is 2.64. The lowest BCUT2D eigenvalue weighted by Gasteiger charge is -2.01. The molecular formula is C14H19N3O2. The van der Waals surface area contributed by atoms with Gasteiger partial charge in [0.25, 0.3) is 5.89 Å². The summed E-state index contributed by atoms with van der Waals surface area (Å²) >= 11 is 0. The maximum absolute atomic E-state index is 5.34. The standard InChI is InChI=1S/C14H19N3O2/c1-10-5-11(2)7-12(6-10)8-13-16-14(19-17-13)9-18-4-3-15/h5-7H,3-4,8-9,15H2,1-2H3. The van der Waals surface area contributed by atoms with E-state index >= 15 is 0 Å². The molecule has 0 fully saturated rings. The molecule has 2 aromatic rings. The fraction of sp³-hybridized carbons (Fsp3) is 0.429. The average Bonchev–Trinajstić information content (AvgIpc) is 2.76. The van der Waals surface area contributed by atoms with Crippen molar-refractivity contribution in [2.75, 3.05) is 13.2 Å². The average molecular weight is 261 g/mol. The van der Waals surface area contributed by atoms with E-state index in [0.717, 1.165) is 0 Å². The van der Waals surface area contributed by atoms with Crippen LogP contribution in [0.2, 0.25) is 0 Å². The Morgan fingerprint density at radius 2 is 1.95 bits per heavy atom. The molecule has 0 aliphatic carbocycles. The van der Waals surface area contributed by atoms with Gasteiger partial charge in [-0.25, -0.2) is 0 Å². The van der Waals surface area contributed by atoms with E-state index in [9.17, 15) is 0 Å². The van der Waals surface area contributed by atoms with Crippen molar-refractivity contribution in [1.29, 1.82) is 0 Å². The second-order valence-corrected chi connectivity index (χ2v) is 4.62. The smallest absolute Gasteiger partial charge is 0.252 e. The molecule has 0 atom stereocenters. The Bertz CT molecular complexity index is 517. The summed E-state index contributed by atoms with van der Waals surface area (Å²) in [6.07, 6.45) is 0.670. The zero-order valence-electron chi connectivity index (χ0n) is 11.3. The highest BCUT2D eigenvalue weighted by Crippen LogP contribution is 2.12. The largest absolute Gasteiger partial charge is 0.370 e. The Morgan fingerprint density at radius 1 is 1.21 bits per heavy atom. The summed E-state index contributed by atoms with van der Waals surface area (Å²) in [5.74, 6) is 1.17. The van der Waals surface area contributed by atoms with Crippen molar-refractivity contribution in [3.8, 4) is 0 Å². The van der Waals surface area contributed by atoms with Gasteiger partial charge in [-0.2, -0.15) is 4.98 Å². The fourth-order valence-electron chi connectivity index (χ4n) is 2.02. The number of benzene rings is 1. The molecule has 1 aromatic carbocycles. The van der Waals surface area contributed by atoms with Crippen molar-refractivity contribution < 1.29 is 9.26 Å². The summed E-state index contributed by atoms with van der Waals surface area (Å²) in [5, 5.41) is 3.95. The Labute approximate surface area is 112 Å². The van der Waals surface area contributed by atoms with E-state index in [2.05, 4.69) is 42.2 Å². The highest BCUT2D eigenvalue weighted by atomic mass is 16.5. The van der Waals surface area contributed by atoms with Crippen LogP contribution < -0.4 is 5.73 Å². The van der Waals surface area contributed by atoms with Crippen LogP contribution in [0, 0.1) is 13.8 Å². The summed E-state index contributed by atoms with van der Waals surface area (Å²) in [6.45, 7) is 5.47. The molecule has 0 unspecified atom stereocenters. The molecule has 0 saturated carbocycles. The van der Waals surface area contributed by atoms with Crippen LogP contribution in [-0.2, 0) is 17.8 Å². The number of hydrogen-bond donors (Lipinski definition) is 1. The zero-order chi connectivity index (χ0) is 13.7. The van der Waals surface area contributed by atoms with Crippen LogP contribution in [0.1, 0.15) is 28.4 Å². The number of nitrogens with zero attached hydrogens (tertiary/aromatic N) is 2. The Morgan fingerprint density at radius 3 is 2.63 bits per heavy atom. The Kier molecular flexibility index (Phi) is 4.65. The van der Waals surface area contributed by atoms with E-state index in [4.69, 9.17) is 15.0 Å². The molecule has 0 aliphatic heterocycles. The first kappa shape index (κ1) is 13.7. The van der Waals surface area contributed by atoms with Gasteiger partial charge in [-0.3, -0.25) is 0 Å². The summed E-state index contributed by atoms with van der Waals surface area (Å²) in [4.78, 5) is 4.29. The van der Waals surface area contributed by atoms with E-state index < -0.39 is 0 Å². The zero-order valence-corrected chi connectivity index (χ0v) is 11.3. The van der Waals surface area contributed by atoms with Crippen LogP contribution in [0.15, 0.2) is 22.7 Å². The van der Waals surface area contributed by atoms with Crippen LogP contribution in [0.25, 0.3) is 0 Å². The molecule has 0 bridgehead atoms. The van der Waals surface area contributed by atoms with Crippen molar-refractivity contribution in [3.63, 3.8) is 0 Å². The quantitative estimate of drug-likeness (QED) is 0.802. The van der Waals surface area contributed by atoms with E-state index in [1.54, 1.807) is 0 Å². The van der Waals surface area contributed by atoms with Crippen LogP contribution in [0.5, 0.6) is 0 Å². The highest BCUT2D eigenvalue weighted by Gasteiger charge is 2.07. The summed E-state index contributed by atoms with van der Waals surface area (Å²) < 4.78 is 10.4. The molecule has 2 rings (SSSR count). The van der Waals surface area contributed by atoms with Gasteiger partial charge in [-0.05, 0) is 19.4 Å². The lowest BCUT2D eigenvalue weighted by atomic mass is 10.1. The van der Waals surface area contributed by atoms with Crippen molar-refractivity contribution in [2.24, 2.45) is 5.73 Å². The number of aryl methyl sites for hydroxylation is 2. The van der Waals surface area contributed by atoms with E-state index in [-0.39, 0.29) is 0 Å². The molecule has 1 heterocycles. The molecular weight excluding hydrogens is 242 g/mol. The molecule has 0 spiro atoms. The maximum atomic E-state index is 5.34. The van der Waals surface area contributed by atoms with Crippen LogP contribution in [0.4, 0.5) is 0 Å². The van der Waals surface area contributed by atoms with Crippen molar-refractivity contribution in [1.82, 2.24) is 10.1 Å². The molecule has 102 valence electrons. The molecule has 0 radical (unpaired) electrons. The van der Waals surface area contributed by atoms with Crippen LogP contribution in [0.3, 0.4) is 0 Å². The van der Waals surface area contributed by atoms with Crippen molar-refractivity contribution >= 4 is 0 Å². The molecule has 19 heavy (non-hydrogen) atoms. The van der Waals surface area contributed by atoms with Gasteiger partial charge in [0.05, 0.1) is 6.61 Å². The third-order valence-corrected chi connectivity index (χ3v) is 2.64. The van der Waals surface area contributed by atoms with Crippen molar-refractivity contribution in [3.05, 3.63) is 46.6 Å². The molecule has 0 saturated heterocycles. The van der Waals surface area contributed by atoms with Gasteiger partial charge in [0, 0.05) is 13.0 Å². The number of ether oxygens (including phenoxy) is 1. The Hall–Kier alpha value is -1.72. The molecule has 5 heteroatoms. The van der Waals surface area contributed by atoms with Gasteiger partial charge in [-0.15, -0.1) is 0 Å². The minimum atomic E-state index is 0.317. The SMILES string of the molecule is Cc1cc(C)cc(Cc2noc(COCCN)n2)c1. The maximum Gasteiger partial charge on any atom is 0.252 e. The van der Waals surface area contributed by atoms with Gasteiger partial charge < -0.3 is 15.0 Å². The predicted molar refractivity (Wildman–Crippen MR) is 71.7 cm³/mol. The third kappa shape index (κ3) is 4.15. The monoisotopic (exact) mass is 261 g/mol. The molecule has 1 aromatic heterocycles. The fourth-order valence-corrected chi connectivity index (χ4v) is 2.02. The summed E-state index contributed by atoms with van der Waals surface area (Å²) in [6, 6.07) is 6.41. The number of aromatic nitrogens is 2. The lowest BCUT2D eigenvalue weighted by Crippen LogP contribution is -2.08. The van der Waals surface area contributed by atoms with E-state index in [1.807, 2.05) is 0 Å². The number of rotatable bonds is 6. The Balaban J connectivity index is 1.99. The second kappa shape index (κ2) is 6.45. The number of hydrogen-bond acceptors (Lipinski definition) is 5. The molecule has 0 amide bonds. The minimum absolute atomic E-state index is 0.317. The van der Waals surface area contributed by atoms with Gasteiger partial charge in [0.2, 0.25) is 0 Å². The molecule has 5 nitrogen and oxygen atoms in total. The summed E-state index contributed by atoms with van der Waals surface area (Å²) in [5.41, 5.74) is 9.01. The summed E-state index contributed by atoms with van der Waals surface area (Å²) in [7, 11) is 0. The van der Waals surface area contributed by atoms with Crippen molar-refractivity contribution in [2.45, 2.75) is 26.9 Å². The van der Waals surface area contributed by atoms with Gasteiger partial charge in [0.15, 0.2) is 5.82 Å².